The van der Waals surface area contributed by atoms with Crippen molar-refractivity contribution >= 4 is 5.69 Å². The third-order valence-corrected chi connectivity index (χ3v) is 7.80. The minimum absolute atomic E-state index is 0.310. The number of methoxy groups -OCH3 is 1. The lowest BCUT2D eigenvalue weighted by Gasteiger charge is -2.32. The molecule has 1 aliphatic heterocycles. The normalized spacial score (nSPS) is 17.1. The van der Waals surface area contributed by atoms with Crippen molar-refractivity contribution in [3.8, 4) is 17.2 Å². The Kier molecular flexibility index (Phi) is 7.85. The maximum Gasteiger partial charge on any atom is 0.165 e. The topological polar surface area (TPSA) is 45.2 Å². The van der Waals surface area contributed by atoms with Crippen molar-refractivity contribution in [1.29, 1.82) is 0 Å². The summed E-state index contributed by atoms with van der Waals surface area (Å²) in [4.78, 5) is 4.61. The quantitative estimate of drug-likeness (QED) is 0.371. The zero-order chi connectivity index (χ0) is 25.8. The van der Waals surface area contributed by atoms with Gasteiger partial charge in [-0.1, -0.05) is 18.2 Å². The van der Waals surface area contributed by atoms with Gasteiger partial charge in [-0.3, -0.25) is 4.90 Å². The minimum Gasteiger partial charge on any atom is -0.508 e. The van der Waals surface area contributed by atoms with Crippen molar-refractivity contribution in [2.45, 2.75) is 45.1 Å². The van der Waals surface area contributed by atoms with Crippen LogP contribution in [0.25, 0.3) is 0 Å². The SMILES string of the molecule is CCN(Cc1ccc(OCCN2CCC2)c(F)c1)c1cc(OC)ccc1C1CCc2cc(O)ccc2C1. The monoisotopic (exact) mass is 504 g/mol. The van der Waals surface area contributed by atoms with Crippen molar-refractivity contribution in [1.82, 2.24) is 4.90 Å². The third kappa shape index (κ3) is 5.85. The molecule has 1 atom stereocenters. The van der Waals surface area contributed by atoms with Crippen LogP contribution in [0.5, 0.6) is 17.2 Å². The summed E-state index contributed by atoms with van der Waals surface area (Å²) in [7, 11) is 1.69. The zero-order valence-corrected chi connectivity index (χ0v) is 21.9. The Balaban J connectivity index is 1.34. The summed E-state index contributed by atoms with van der Waals surface area (Å²) in [6.45, 7) is 7.09. The Bertz CT molecular complexity index is 1230. The summed E-state index contributed by atoms with van der Waals surface area (Å²) < 4.78 is 26.2. The van der Waals surface area contributed by atoms with Gasteiger partial charge in [-0.05, 0) is 104 Å². The second kappa shape index (κ2) is 11.4. The molecule has 6 heteroatoms. The van der Waals surface area contributed by atoms with Gasteiger partial charge in [-0.25, -0.2) is 4.39 Å². The average Bonchev–Trinajstić information content (AvgIpc) is 2.89. The van der Waals surface area contributed by atoms with E-state index in [-0.39, 0.29) is 5.82 Å². The standard InChI is InChI=1S/C31H37FN2O3/c1-3-34(21-22-5-12-31(29(32)17-22)37-16-15-33-13-4-14-33)30-20-27(36-2)10-11-28(30)25-7-6-24-19-26(35)9-8-23(24)18-25/h5,8-12,17,19-20,25,35H,3-4,6-7,13-16,18,21H2,1-2H3. The molecule has 3 aromatic carbocycles. The molecule has 1 N–H and O–H groups in total. The van der Waals surface area contributed by atoms with Gasteiger partial charge >= 0.3 is 0 Å². The van der Waals surface area contributed by atoms with Crippen molar-refractivity contribution in [3.05, 3.63) is 82.7 Å². The molecule has 1 heterocycles. The zero-order valence-electron chi connectivity index (χ0n) is 21.9. The number of hydrogen-bond acceptors (Lipinski definition) is 5. The molecular weight excluding hydrogens is 467 g/mol. The number of rotatable bonds is 10. The molecule has 5 rings (SSSR count). The van der Waals surface area contributed by atoms with Crippen LogP contribution in [-0.4, -0.2) is 49.9 Å². The fourth-order valence-electron chi connectivity index (χ4n) is 5.51. The first-order valence-electron chi connectivity index (χ1n) is 13.4. The van der Waals surface area contributed by atoms with E-state index in [1.807, 2.05) is 24.3 Å². The number of hydrogen-bond donors (Lipinski definition) is 1. The maximum absolute atomic E-state index is 14.9. The van der Waals surface area contributed by atoms with Crippen LogP contribution >= 0.6 is 0 Å². The Morgan fingerprint density at radius 3 is 2.65 bits per heavy atom. The number of phenols is 1. The average molecular weight is 505 g/mol. The van der Waals surface area contributed by atoms with Crippen LogP contribution in [0.3, 0.4) is 0 Å². The van der Waals surface area contributed by atoms with Crippen molar-refractivity contribution in [2.24, 2.45) is 0 Å². The highest BCUT2D eigenvalue weighted by Crippen LogP contribution is 2.40. The molecule has 0 amide bonds. The lowest BCUT2D eigenvalue weighted by Crippen LogP contribution is -2.39. The van der Waals surface area contributed by atoms with E-state index in [4.69, 9.17) is 9.47 Å². The van der Waals surface area contributed by atoms with Gasteiger partial charge in [-0.2, -0.15) is 0 Å². The first-order chi connectivity index (χ1) is 18.0. The Morgan fingerprint density at radius 1 is 1.05 bits per heavy atom. The first kappa shape index (κ1) is 25.4. The number of anilines is 1. The lowest BCUT2D eigenvalue weighted by atomic mass is 9.79. The van der Waals surface area contributed by atoms with Gasteiger partial charge in [0, 0.05) is 31.4 Å². The molecule has 2 aliphatic rings. The molecule has 196 valence electrons. The highest BCUT2D eigenvalue weighted by atomic mass is 19.1. The van der Waals surface area contributed by atoms with Crippen LogP contribution in [0.4, 0.5) is 10.1 Å². The Labute approximate surface area is 219 Å². The van der Waals surface area contributed by atoms with E-state index in [0.717, 1.165) is 62.4 Å². The highest BCUT2D eigenvalue weighted by Gasteiger charge is 2.25. The van der Waals surface area contributed by atoms with E-state index in [1.165, 1.54) is 23.1 Å². The number of nitrogens with zero attached hydrogens (tertiary/aromatic N) is 2. The number of aryl methyl sites for hydroxylation is 1. The summed E-state index contributed by atoms with van der Waals surface area (Å²) in [5.41, 5.74) is 5.86. The number of benzene rings is 3. The predicted octanol–water partition coefficient (Wildman–Crippen LogP) is 5.92. The van der Waals surface area contributed by atoms with Crippen molar-refractivity contribution < 1.29 is 19.0 Å². The summed E-state index contributed by atoms with van der Waals surface area (Å²) in [5.74, 6) is 1.53. The molecule has 0 aromatic heterocycles. The Morgan fingerprint density at radius 2 is 1.92 bits per heavy atom. The molecule has 0 radical (unpaired) electrons. The van der Waals surface area contributed by atoms with Crippen LogP contribution in [-0.2, 0) is 19.4 Å². The fraction of sp³-hybridized carbons (Fsp3) is 0.419. The van der Waals surface area contributed by atoms with E-state index in [1.54, 1.807) is 25.3 Å². The molecule has 1 unspecified atom stereocenters. The number of aromatic hydroxyl groups is 1. The first-order valence-corrected chi connectivity index (χ1v) is 13.4. The molecule has 5 nitrogen and oxygen atoms in total. The van der Waals surface area contributed by atoms with Gasteiger partial charge in [0.05, 0.1) is 7.11 Å². The van der Waals surface area contributed by atoms with E-state index in [9.17, 15) is 9.50 Å². The molecule has 1 aliphatic carbocycles. The van der Waals surface area contributed by atoms with Crippen LogP contribution in [0.2, 0.25) is 0 Å². The number of phenolic OH excluding ortho intramolecular Hbond substituents is 1. The van der Waals surface area contributed by atoms with Gasteiger partial charge in [0.25, 0.3) is 0 Å². The maximum atomic E-state index is 14.9. The van der Waals surface area contributed by atoms with Gasteiger partial charge in [0.1, 0.15) is 18.1 Å². The van der Waals surface area contributed by atoms with Gasteiger partial charge in [-0.15, -0.1) is 0 Å². The lowest BCUT2D eigenvalue weighted by molar-refractivity contribution is 0.145. The number of fused-ring (bicyclic) bond motifs is 1. The molecule has 37 heavy (non-hydrogen) atoms. The second-order valence-electron chi connectivity index (χ2n) is 10.1. The van der Waals surface area contributed by atoms with E-state index in [0.29, 0.717) is 30.6 Å². The van der Waals surface area contributed by atoms with Crippen LogP contribution in [0, 0.1) is 5.82 Å². The third-order valence-electron chi connectivity index (χ3n) is 7.80. The molecule has 0 spiro atoms. The van der Waals surface area contributed by atoms with Crippen LogP contribution in [0.1, 0.15) is 47.9 Å². The fourth-order valence-corrected chi connectivity index (χ4v) is 5.51. The molecular formula is C31H37FN2O3. The van der Waals surface area contributed by atoms with Crippen LogP contribution < -0.4 is 14.4 Å². The van der Waals surface area contributed by atoms with Crippen molar-refractivity contribution in [3.63, 3.8) is 0 Å². The molecule has 1 fully saturated rings. The molecule has 0 bridgehead atoms. The largest absolute Gasteiger partial charge is 0.508 e. The van der Waals surface area contributed by atoms with Gasteiger partial charge < -0.3 is 19.5 Å². The summed E-state index contributed by atoms with van der Waals surface area (Å²) in [6.07, 6.45) is 4.14. The number of halogens is 1. The summed E-state index contributed by atoms with van der Waals surface area (Å²) in [6, 6.07) is 17.4. The summed E-state index contributed by atoms with van der Waals surface area (Å²) in [5, 5.41) is 9.87. The second-order valence-corrected chi connectivity index (χ2v) is 10.1. The number of likely N-dealkylation sites (tertiary alicyclic amines) is 1. The predicted molar refractivity (Wildman–Crippen MR) is 146 cm³/mol. The van der Waals surface area contributed by atoms with Crippen molar-refractivity contribution in [2.75, 3.05) is 44.8 Å². The van der Waals surface area contributed by atoms with E-state index < -0.39 is 0 Å². The Hall–Kier alpha value is -3.25. The molecule has 1 saturated heterocycles. The van der Waals surface area contributed by atoms with E-state index in [2.05, 4.69) is 28.9 Å². The smallest absolute Gasteiger partial charge is 0.165 e. The number of ether oxygens (including phenoxy) is 2. The summed E-state index contributed by atoms with van der Waals surface area (Å²) >= 11 is 0. The van der Waals surface area contributed by atoms with Gasteiger partial charge in [0.15, 0.2) is 11.6 Å². The molecule has 3 aromatic rings. The highest BCUT2D eigenvalue weighted by molar-refractivity contribution is 5.60. The van der Waals surface area contributed by atoms with E-state index >= 15 is 0 Å². The minimum atomic E-state index is -0.310. The van der Waals surface area contributed by atoms with Gasteiger partial charge in [0.2, 0.25) is 0 Å². The molecule has 0 saturated carbocycles. The van der Waals surface area contributed by atoms with Crippen LogP contribution in [0.15, 0.2) is 54.6 Å².